The molecule has 0 saturated carbocycles. The van der Waals surface area contributed by atoms with E-state index in [0.29, 0.717) is 6.61 Å². The van der Waals surface area contributed by atoms with Gasteiger partial charge in [0, 0.05) is 44.7 Å². The lowest BCUT2D eigenvalue weighted by atomic mass is 10.0. The summed E-state index contributed by atoms with van der Waals surface area (Å²) in [6.45, 7) is 9.21. The molecule has 0 unspecified atom stereocenters. The quantitative estimate of drug-likeness (QED) is 0.819. The highest BCUT2D eigenvalue weighted by molar-refractivity contribution is 5.52. The minimum absolute atomic E-state index is 0.506. The Morgan fingerprint density at radius 3 is 2.78 bits per heavy atom. The smallest absolute Gasteiger partial charge is 0.133 e. The van der Waals surface area contributed by atoms with E-state index < -0.39 is 0 Å². The molecular formula is C21H29N5O. The summed E-state index contributed by atoms with van der Waals surface area (Å²) in [5.41, 5.74) is 3.37. The lowest BCUT2D eigenvalue weighted by molar-refractivity contribution is 0.154. The van der Waals surface area contributed by atoms with Crippen molar-refractivity contribution in [3.8, 4) is 5.75 Å². The first-order valence-corrected chi connectivity index (χ1v) is 9.91. The van der Waals surface area contributed by atoms with E-state index in [1.807, 2.05) is 19.1 Å². The second kappa shape index (κ2) is 8.23. The van der Waals surface area contributed by atoms with E-state index in [-0.39, 0.29) is 0 Å². The van der Waals surface area contributed by atoms with Crippen molar-refractivity contribution >= 4 is 5.82 Å². The first-order chi connectivity index (χ1) is 13.2. The number of piperazine rings is 1. The number of para-hydroxylation sites is 1. The van der Waals surface area contributed by atoms with Gasteiger partial charge in [-0.2, -0.15) is 0 Å². The van der Waals surface area contributed by atoms with Crippen LogP contribution in [0.4, 0.5) is 5.82 Å². The van der Waals surface area contributed by atoms with Crippen molar-refractivity contribution in [2.24, 2.45) is 0 Å². The van der Waals surface area contributed by atoms with Crippen LogP contribution in [0, 0.1) is 6.92 Å². The molecule has 1 aromatic carbocycles. The first kappa shape index (κ1) is 18.2. The Hall–Kier alpha value is -2.18. The van der Waals surface area contributed by atoms with Gasteiger partial charge in [0.2, 0.25) is 0 Å². The molecular weight excluding hydrogens is 338 g/mol. The number of aromatic nitrogens is 2. The molecule has 2 aliphatic heterocycles. The number of likely N-dealkylation sites (N-methyl/N-ethyl adjacent to an activating group) is 1. The lowest BCUT2D eigenvalue weighted by Gasteiger charge is -2.32. The fraction of sp³-hybridized carbons (Fsp3) is 0.524. The molecule has 1 fully saturated rings. The van der Waals surface area contributed by atoms with Crippen LogP contribution in [0.5, 0.6) is 5.75 Å². The lowest BCUT2D eigenvalue weighted by Crippen LogP contribution is -2.44. The summed E-state index contributed by atoms with van der Waals surface area (Å²) in [5, 5.41) is 3.58. The zero-order chi connectivity index (χ0) is 18.6. The summed E-state index contributed by atoms with van der Waals surface area (Å²) in [6.07, 6.45) is 1.93. The van der Waals surface area contributed by atoms with E-state index in [4.69, 9.17) is 9.72 Å². The van der Waals surface area contributed by atoms with Gasteiger partial charge in [0.05, 0.1) is 5.69 Å². The van der Waals surface area contributed by atoms with Crippen LogP contribution in [0.1, 0.15) is 29.1 Å². The first-order valence-electron chi connectivity index (χ1n) is 9.91. The predicted octanol–water partition coefficient (Wildman–Crippen LogP) is 2.32. The molecule has 0 atom stereocenters. The number of hydrogen-bond acceptors (Lipinski definition) is 6. The SMILES string of the molecule is Cc1nc2c(c(NCCCN3CCN(C)CC3)n1)Cc1ccccc1OC2. The van der Waals surface area contributed by atoms with Gasteiger partial charge in [0.25, 0.3) is 0 Å². The zero-order valence-corrected chi connectivity index (χ0v) is 16.4. The molecule has 144 valence electrons. The van der Waals surface area contributed by atoms with E-state index in [9.17, 15) is 0 Å². The maximum absolute atomic E-state index is 5.97. The third-order valence-electron chi connectivity index (χ3n) is 5.45. The minimum atomic E-state index is 0.506. The number of rotatable bonds is 5. The Labute approximate surface area is 161 Å². The van der Waals surface area contributed by atoms with Gasteiger partial charge >= 0.3 is 0 Å². The van der Waals surface area contributed by atoms with Crippen LogP contribution in [0.2, 0.25) is 0 Å². The normalized spacial score (nSPS) is 17.6. The number of benzene rings is 1. The highest BCUT2D eigenvalue weighted by Crippen LogP contribution is 2.30. The van der Waals surface area contributed by atoms with E-state index in [1.54, 1.807) is 0 Å². The van der Waals surface area contributed by atoms with Crippen molar-refractivity contribution < 1.29 is 4.74 Å². The molecule has 4 rings (SSSR count). The molecule has 1 aromatic heterocycles. The summed E-state index contributed by atoms with van der Waals surface area (Å²) in [7, 11) is 2.20. The van der Waals surface area contributed by atoms with E-state index in [1.165, 1.54) is 37.3 Å². The highest BCUT2D eigenvalue weighted by atomic mass is 16.5. The molecule has 2 aromatic rings. The fourth-order valence-electron chi connectivity index (χ4n) is 3.81. The van der Waals surface area contributed by atoms with Gasteiger partial charge in [0.1, 0.15) is 24.0 Å². The van der Waals surface area contributed by atoms with Crippen molar-refractivity contribution in [3.63, 3.8) is 0 Å². The number of hydrogen-bond donors (Lipinski definition) is 1. The van der Waals surface area contributed by atoms with Crippen molar-refractivity contribution in [3.05, 3.63) is 46.9 Å². The Bertz CT molecular complexity index is 786. The maximum Gasteiger partial charge on any atom is 0.133 e. The Balaban J connectivity index is 1.41. The maximum atomic E-state index is 5.97. The molecule has 2 aliphatic rings. The van der Waals surface area contributed by atoms with Gasteiger partial charge in [-0.25, -0.2) is 9.97 Å². The second-order valence-corrected chi connectivity index (χ2v) is 7.54. The van der Waals surface area contributed by atoms with Crippen LogP contribution in [0.15, 0.2) is 24.3 Å². The summed E-state index contributed by atoms with van der Waals surface area (Å²) >= 11 is 0. The molecule has 0 spiro atoms. The molecule has 1 N–H and O–H groups in total. The molecule has 0 bridgehead atoms. The molecule has 0 amide bonds. The number of anilines is 1. The average molecular weight is 367 g/mol. The van der Waals surface area contributed by atoms with Crippen LogP contribution >= 0.6 is 0 Å². The van der Waals surface area contributed by atoms with E-state index >= 15 is 0 Å². The number of nitrogens with one attached hydrogen (secondary N) is 1. The number of ether oxygens (including phenoxy) is 1. The average Bonchev–Trinajstić information content (AvgIpc) is 2.86. The van der Waals surface area contributed by atoms with Gasteiger partial charge in [0.15, 0.2) is 0 Å². The van der Waals surface area contributed by atoms with Crippen LogP contribution in [-0.2, 0) is 13.0 Å². The summed E-state index contributed by atoms with van der Waals surface area (Å²) in [6, 6.07) is 8.24. The zero-order valence-electron chi connectivity index (χ0n) is 16.4. The second-order valence-electron chi connectivity index (χ2n) is 7.54. The third-order valence-corrected chi connectivity index (χ3v) is 5.45. The van der Waals surface area contributed by atoms with Gasteiger partial charge in [-0.15, -0.1) is 0 Å². The Morgan fingerprint density at radius 2 is 1.93 bits per heavy atom. The summed E-state index contributed by atoms with van der Waals surface area (Å²) in [5.74, 6) is 2.72. The van der Waals surface area contributed by atoms with Crippen LogP contribution < -0.4 is 10.1 Å². The Morgan fingerprint density at radius 1 is 1.11 bits per heavy atom. The van der Waals surface area contributed by atoms with E-state index in [2.05, 4.69) is 39.3 Å². The van der Waals surface area contributed by atoms with Crippen LogP contribution in [-0.4, -0.2) is 66.1 Å². The van der Waals surface area contributed by atoms with Gasteiger partial charge < -0.3 is 19.9 Å². The van der Waals surface area contributed by atoms with Crippen LogP contribution in [0.25, 0.3) is 0 Å². The predicted molar refractivity (Wildman–Crippen MR) is 107 cm³/mol. The number of nitrogens with zero attached hydrogens (tertiary/aromatic N) is 4. The number of fused-ring (bicyclic) bond motifs is 2. The van der Waals surface area contributed by atoms with Crippen LogP contribution in [0.3, 0.4) is 0 Å². The number of aryl methyl sites for hydroxylation is 1. The van der Waals surface area contributed by atoms with Crippen molar-refractivity contribution in [1.29, 1.82) is 0 Å². The molecule has 6 nitrogen and oxygen atoms in total. The Kier molecular flexibility index (Phi) is 5.55. The molecule has 0 aliphatic carbocycles. The summed E-state index contributed by atoms with van der Waals surface area (Å²) < 4.78 is 5.97. The van der Waals surface area contributed by atoms with Crippen molar-refractivity contribution in [2.45, 2.75) is 26.4 Å². The standard InChI is InChI=1S/C21H29N5O/c1-16-23-19-15-27-20-7-4-3-6-17(20)14-18(19)21(24-16)22-8-5-9-26-12-10-25(2)11-13-26/h3-4,6-7H,5,8-15H2,1-2H3,(H,22,23,24). The van der Waals surface area contributed by atoms with Gasteiger partial charge in [-0.3, -0.25) is 0 Å². The molecule has 6 heteroatoms. The van der Waals surface area contributed by atoms with Crippen molar-refractivity contribution in [2.75, 3.05) is 51.6 Å². The van der Waals surface area contributed by atoms with Gasteiger partial charge in [-0.1, -0.05) is 18.2 Å². The molecule has 0 radical (unpaired) electrons. The largest absolute Gasteiger partial charge is 0.487 e. The minimum Gasteiger partial charge on any atom is -0.487 e. The van der Waals surface area contributed by atoms with E-state index in [0.717, 1.165) is 49.0 Å². The monoisotopic (exact) mass is 367 g/mol. The molecule has 3 heterocycles. The fourth-order valence-corrected chi connectivity index (χ4v) is 3.81. The third kappa shape index (κ3) is 4.39. The molecule has 27 heavy (non-hydrogen) atoms. The molecule has 1 saturated heterocycles. The van der Waals surface area contributed by atoms with Gasteiger partial charge in [-0.05, 0) is 38.6 Å². The highest BCUT2D eigenvalue weighted by Gasteiger charge is 2.20. The topological polar surface area (TPSA) is 53.5 Å². The summed E-state index contributed by atoms with van der Waals surface area (Å²) in [4.78, 5) is 14.3. The van der Waals surface area contributed by atoms with Crippen molar-refractivity contribution in [1.82, 2.24) is 19.8 Å².